The molecule has 84 valence electrons. The van der Waals surface area contributed by atoms with Crippen LogP contribution in [0.1, 0.15) is 12.0 Å². The number of benzene rings is 1. The highest BCUT2D eigenvalue weighted by Gasteiger charge is 2.30. The number of nitrogens with zero attached hydrogens (tertiary/aromatic N) is 1. The molecule has 0 saturated carbocycles. The molecular formula is C11H9BrFNO2. The number of amides is 1. The van der Waals surface area contributed by atoms with Crippen LogP contribution in [-0.2, 0) is 9.59 Å². The highest BCUT2D eigenvalue weighted by atomic mass is 79.9. The monoisotopic (exact) mass is 285 g/mol. The molecule has 5 heteroatoms. The molecule has 0 aliphatic carbocycles. The van der Waals surface area contributed by atoms with Crippen molar-refractivity contribution >= 4 is 33.3 Å². The number of rotatable bonds is 1. The van der Waals surface area contributed by atoms with E-state index in [0.717, 1.165) is 5.56 Å². The Bertz CT molecular complexity index is 487. The molecule has 1 amide bonds. The number of Topliss-reactive ketones (excluding diaryl/α,β-unsaturated/α-hetero) is 1. The zero-order chi connectivity index (χ0) is 11.9. The standard InChI is InChI=1S/C11H9BrFNO2/c1-6-2-10(9(13)4-8(6)12)14-5-7(15)3-11(14)16/h2,4H,3,5H2,1H3. The van der Waals surface area contributed by atoms with Crippen molar-refractivity contribution < 1.29 is 14.0 Å². The molecule has 0 aromatic heterocycles. The van der Waals surface area contributed by atoms with E-state index in [1.807, 2.05) is 0 Å². The number of anilines is 1. The second-order valence-corrected chi connectivity index (χ2v) is 4.60. The van der Waals surface area contributed by atoms with Crippen LogP contribution < -0.4 is 4.90 Å². The van der Waals surface area contributed by atoms with E-state index < -0.39 is 5.82 Å². The molecular weight excluding hydrogens is 277 g/mol. The van der Waals surface area contributed by atoms with Gasteiger partial charge in [-0.25, -0.2) is 4.39 Å². The van der Waals surface area contributed by atoms with Crippen molar-refractivity contribution in [2.75, 3.05) is 11.4 Å². The van der Waals surface area contributed by atoms with Gasteiger partial charge in [-0.3, -0.25) is 9.59 Å². The second kappa shape index (κ2) is 3.97. The van der Waals surface area contributed by atoms with E-state index in [4.69, 9.17) is 0 Å². The predicted molar refractivity (Wildman–Crippen MR) is 60.8 cm³/mol. The van der Waals surface area contributed by atoms with Gasteiger partial charge in [-0.05, 0) is 24.6 Å². The Morgan fingerprint density at radius 1 is 1.38 bits per heavy atom. The molecule has 1 heterocycles. The maximum absolute atomic E-state index is 13.6. The summed E-state index contributed by atoms with van der Waals surface area (Å²) in [6, 6.07) is 2.87. The van der Waals surface area contributed by atoms with Gasteiger partial charge >= 0.3 is 0 Å². The SMILES string of the molecule is Cc1cc(N2CC(=O)CC2=O)c(F)cc1Br. The molecule has 16 heavy (non-hydrogen) atoms. The average Bonchev–Trinajstić information content (AvgIpc) is 2.51. The topological polar surface area (TPSA) is 37.4 Å². The minimum Gasteiger partial charge on any atom is -0.302 e. The molecule has 2 rings (SSSR count). The van der Waals surface area contributed by atoms with Crippen LogP contribution in [0.3, 0.4) is 0 Å². The zero-order valence-corrected chi connectivity index (χ0v) is 10.2. The fourth-order valence-corrected chi connectivity index (χ4v) is 1.97. The Morgan fingerprint density at radius 3 is 2.62 bits per heavy atom. The lowest BCUT2D eigenvalue weighted by atomic mass is 10.2. The first-order chi connectivity index (χ1) is 7.49. The van der Waals surface area contributed by atoms with Crippen LogP contribution in [0.2, 0.25) is 0 Å². The molecule has 1 fully saturated rings. The van der Waals surface area contributed by atoms with E-state index >= 15 is 0 Å². The van der Waals surface area contributed by atoms with Crippen LogP contribution in [0.25, 0.3) is 0 Å². The highest BCUT2D eigenvalue weighted by Crippen LogP contribution is 2.28. The fraction of sp³-hybridized carbons (Fsp3) is 0.273. The van der Waals surface area contributed by atoms with E-state index in [1.165, 1.54) is 11.0 Å². The first-order valence-electron chi connectivity index (χ1n) is 4.77. The molecule has 1 saturated heterocycles. The lowest BCUT2D eigenvalue weighted by molar-refractivity contribution is -0.121. The van der Waals surface area contributed by atoms with Gasteiger partial charge in [0.05, 0.1) is 18.7 Å². The van der Waals surface area contributed by atoms with Gasteiger partial charge in [0.2, 0.25) is 5.91 Å². The van der Waals surface area contributed by atoms with Gasteiger partial charge in [0.1, 0.15) is 5.82 Å². The third-order valence-electron chi connectivity index (χ3n) is 2.50. The molecule has 0 radical (unpaired) electrons. The van der Waals surface area contributed by atoms with Gasteiger partial charge in [-0.15, -0.1) is 0 Å². The van der Waals surface area contributed by atoms with Crippen LogP contribution in [0, 0.1) is 12.7 Å². The van der Waals surface area contributed by atoms with Crippen LogP contribution >= 0.6 is 15.9 Å². The van der Waals surface area contributed by atoms with Crippen molar-refractivity contribution in [1.82, 2.24) is 0 Å². The Kier molecular flexibility index (Phi) is 2.80. The molecule has 0 atom stereocenters. The Morgan fingerprint density at radius 2 is 2.06 bits per heavy atom. The van der Waals surface area contributed by atoms with E-state index in [0.29, 0.717) is 4.47 Å². The first-order valence-corrected chi connectivity index (χ1v) is 5.56. The van der Waals surface area contributed by atoms with E-state index in [2.05, 4.69) is 15.9 Å². The summed E-state index contributed by atoms with van der Waals surface area (Å²) in [5.74, 6) is -1.02. The number of hydrogen-bond acceptors (Lipinski definition) is 2. The van der Waals surface area contributed by atoms with Gasteiger partial charge in [0, 0.05) is 4.47 Å². The maximum Gasteiger partial charge on any atom is 0.235 e. The molecule has 1 aromatic rings. The molecule has 1 aliphatic heterocycles. The molecule has 0 bridgehead atoms. The minimum atomic E-state index is -0.500. The molecule has 1 aliphatic rings. The highest BCUT2D eigenvalue weighted by molar-refractivity contribution is 9.10. The van der Waals surface area contributed by atoms with Gasteiger partial charge in [0.25, 0.3) is 0 Å². The number of hydrogen-bond donors (Lipinski definition) is 0. The molecule has 1 aromatic carbocycles. The van der Waals surface area contributed by atoms with Crippen molar-refractivity contribution in [3.8, 4) is 0 Å². The van der Waals surface area contributed by atoms with E-state index in [9.17, 15) is 14.0 Å². The predicted octanol–water partition coefficient (Wildman–Crippen LogP) is 2.20. The number of aryl methyl sites for hydroxylation is 1. The van der Waals surface area contributed by atoms with Gasteiger partial charge in [-0.1, -0.05) is 15.9 Å². The van der Waals surface area contributed by atoms with Crippen molar-refractivity contribution in [3.05, 3.63) is 28.0 Å². The van der Waals surface area contributed by atoms with E-state index in [1.54, 1.807) is 13.0 Å². The lowest BCUT2D eigenvalue weighted by Gasteiger charge is -2.16. The second-order valence-electron chi connectivity index (χ2n) is 3.75. The third-order valence-corrected chi connectivity index (χ3v) is 3.36. The number of ketones is 1. The Labute approximate surface area is 100 Å². The summed E-state index contributed by atoms with van der Waals surface area (Å²) in [6.07, 6.45) is -0.130. The summed E-state index contributed by atoms with van der Waals surface area (Å²) in [5, 5.41) is 0. The molecule has 0 unspecified atom stereocenters. The molecule has 3 nitrogen and oxygen atoms in total. The van der Waals surface area contributed by atoms with E-state index in [-0.39, 0.29) is 30.3 Å². The number of carbonyl (C=O) groups excluding carboxylic acids is 2. The molecule has 0 spiro atoms. The zero-order valence-electron chi connectivity index (χ0n) is 8.59. The summed E-state index contributed by atoms with van der Waals surface area (Å²) >= 11 is 3.21. The number of halogens is 2. The van der Waals surface area contributed by atoms with Crippen LogP contribution in [0.15, 0.2) is 16.6 Å². The third kappa shape index (κ3) is 1.87. The molecule has 0 N–H and O–H groups in total. The van der Waals surface area contributed by atoms with Crippen LogP contribution in [-0.4, -0.2) is 18.2 Å². The quantitative estimate of drug-likeness (QED) is 0.742. The summed E-state index contributed by atoms with van der Waals surface area (Å²) < 4.78 is 14.3. The Balaban J connectivity index is 2.45. The maximum atomic E-state index is 13.6. The first kappa shape index (κ1) is 11.3. The van der Waals surface area contributed by atoms with Crippen molar-refractivity contribution in [2.24, 2.45) is 0 Å². The number of carbonyl (C=O) groups is 2. The van der Waals surface area contributed by atoms with Crippen molar-refractivity contribution in [1.29, 1.82) is 0 Å². The smallest absolute Gasteiger partial charge is 0.235 e. The van der Waals surface area contributed by atoms with Gasteiger partial charge in [-0.2, -0.15) is 0 Å². The fourth-order valence-electron chi connectivity index (χ4n) is 1.65. The Hall–Kier alpha value is -1.23. The average molecular weight is 286 g/mol. The summed E-state index contributed by atoms with van der Waals surface area (Å²) in [7, 11) is 0. The normalized spacial score (nSPS) is 16.1. The summed E-state index contributed by atoms with van der Waals surface area (Å²) in [5.41, 5.74) is 1.00. The van der Waals surface area contributed by atoms with Crippen LogP contribution in [0.5, 0.6) is 0 Å². The summed E-state index contributed by atoms with van der Waals surface area (Å²) in [6.45, 7) is 1.77. The van der Waals surface area contributed by atoms with Crippen LogP contribution in [0.4, 0.5) is 10.1 Å². The summed E-state index contributed by atoms with van der Waals surface area (Å²) in [4.78, 5) is 23.8. The van der Waals surface area contributed by atoms with Crippen molar-refractivity contribution in [3.63, 3.8) is 0 Å². The van der Waals surface area contributed by atoms with Gasteiger partial charge in [0.15, 0.2) is 5.78 Å². The van der Waals surface area contributed by atoms with Crippen molar-refractivity contribution in [2.45, 2.75) is 13.3 Å². The lowest BCUT2D eigenvalue weighted by Crippen LogP contribution is -2.25. The largest absolute Gasteiger partial charge is 0.302 e. The van der Waals surface area contributed by atoms with Gasteiger partial charge < -0.3 is 4.90 Å². The minimum absolute atomic E-state index is 0.0309.